The first kappa shape index (κ1) is 27.7. The van der Waals surface area contributed by atoms with E-state index in [1.165, 1.54) is 12.1 Å². The third-order valence-corrected chi connectivity index (χ3v) is 8.16. The Labute approximate surface area is 241 Å². The molecule has 40 heavy (non-hydrogen) atoms. The largest absolute Gasteiger partial charge is 0.369 e. The molecular weight excluding hydrogens is 555 g/mol. The summed E-state index contributed by atoms with van der Waals surface area (Å²) in [5, 5.41) is 19.1. The average Bonchev–Trinajstić information content (AvgIpc) is 3.31. The van der Waals surface area contributed by atoms with E-state index in [1.807, 2.05) is 10.6 Å². The third kappa shape index (κ3) is 5.71. The minimum atomic E-state index is -0.282. The van der Waals surface area contributed by atoms with Crippen LogP contribution in [-0.2, 0) is 4.79 Å². The second-order valence-electron chi connectivity index (χ2n) is 10.2. The van der Waals surface area contributed by atoms with Gasteiger partial charge in [0.1, 0.15) is 5.52 Å². The highest BCUT2D eigenvalue weighted by molar-refractivity contribution is 6.39. The van der Waals surface area contributed by atoms with Crippen molar-refractivity contribution in [3.8, 4) is 6.07 Å². The van der Waals surface area contributed by atoms with Gasteiger partial charge >= 0.3 is 6.03 Å². The Morgan fingerprint density at radius 1 is 1.12 bits per heavy atom. The predicted molar refractivity (Wildman–Crippen MR) is 153 cm³/mol. The number of carbonyl (C=O) groups excluding carboxylic acids is 2. The van der Waals surface area contributed by atoms with E-state index in [4.69, 9.17) is 38.9 Å². The molecular formula is C26H30Cl2N10O2. The fourth-order valence-corrected chi connectivity index (χ4v) is 6.08. The smallest absolute Gasteiger partial charge is 0.317 e. The molecule has 1 atom stereocenters. The number of nitriles is 1. The summed E-state index contributed by atoms with van der Waals surface area (Å²) >= 11 is 13.0. The van der Waals surface area contributed by atoms with Crippen molar-refractivity contribution in [2.75, 3.05) is 30.8 Å². The van der Waals surface area contributed by atoms with Gasteiger partial charge in [-0.15, -0.1) is 0 Å². The highest BCUT2D eigenvalue weighted by atomic mass is 35.5. The van der Waals surface area contributed by atoms with Gasteiger partial charge in [-0.05, 0) is 50.7 Å². The van der Waals surface area contributed by atoms with Gasteiger partial charge in [0.25, 0.3) is 0 Å². The average molecular weight is 586 g/mol. The van der Waals surface area contributed by atoms with Crippen molar-refractivity contribution in [2.45, 2.75) is 50.6 Å². The maximum atomic E-state index is 12.1. The molecule has 3 amide bonds. The normalized spacial score (nSPS) is 21.1. The van der Waals surface area contributed by atoms with Gasteiger partial charge in [0.15, 0.2) is 5.65 Å². The number of piperidine rings is 1. The van der Waals surface area contributed by atoms with E-state index in [2.05, 4.69) is 20.9 Å². The Morgan fingerprint density at radius 2 is 1.85 bits per heavy atom. The summed E-state index contributed by atoms with van der Waals surface area (Å²) in [4.78, 5) is 39.8. The van der Waals surface area contributed by atoms with Crippen LogP contribution < -0.4 is 21.7 Å². The summed E-state index contributed by atoms with van der Waals surface area (Å²) in [6.07, 6.45) is 6.14. The molecule has 0 bridgehead atoms. The van der Waals surface area contributed by atoms with Crippen LogP contribution in [0.3, 0.4) is 0 Å². The third-order valence-electron chi connectivity index (χ3n) is 7.56. The van der Waals surface area contributed by atoms with E-state index in [-0.39, 0.29) is 40.0 Å². The van der Waals surface area contributed by atoms with Crippen LogP contribution in [0.2, 0.25) is 10.0 Å². The lowest BCUT2D eigenvalue weighted by Gasteiger charge is -2.32. The summed E-state index contributed by atoms with van der Waals surface area (Å²) < 4.78 is 2.00. The summed E-state index contributed by atoms with van der Waals surface area (Å²) in [5.74, 6) is 0.465. The number of carbonyl (C=O) groups is 2. The zero-order chi connectivity index (χ0) is 28.4. The topological polar surface area (TPSA) is 167 Å². The number of nitrogens with two attached hydrogens (primary N) is 1. The van der Waals surface area contributed by atoms with Gasteiger partial charge in [-0.1, -0.05) is 23.2 Å². The Hall–Kier alpha value is -3.82. The lowest BCUT2D eigenvalue weighted by molar-refractivity contribution is -0.122. The van der Waals surface area contributed by atoms with E-state index in [0.717, 1.165) is 12.8 Å². The molecule has 0 radical (unpaired) electrons. The van der Waals surface area contributed by atoms with Crippen molar-refractivity contribution < 1.29 is 9.59 Å². The van der Waals surface area contributed by atoms with Crippen molar-refractivity contribution in [3.05, 3.63) is 33.9 Å². The molecule has 1 aromatic carbocycles. The minimum absolute atomic E-state index is 0.000246. The minimum Gasteiger partial charge on any atom is -0.369 e. The van der Waals surface area contributed by atoms with E-state index in [0.29, 0.717) is 73.1 Å². The van der Waals surface area contributed by atoms with E-state index in [9.17, 15) is 14.9 Å². The van der Waals surface area contributed by atoms with Crippen molar-refractivity contribution in [2.24, 2.45) is 11.7 Å². The number of rotatable bonds is 6. The molecule has 1 saturated heterocycles. The standard InChI is InChI=1S/C26H30Cl2N10O2/c1-31-26(40)37-8-2-3-16(13-37)33-24-32-12-20-23(36-24)38(17-6-4-15(5-7-17)22(30)39)25(34-20)35-21-18(27)9-14(11-29)10-19(21)28/h9-10,12,15-17H,2-8,13H2,1H3,(H2,30,39)(H,31,40)(H,34,35)(H,32,33,36)/t15-,16-,17-/m1/s1. The van der Waals surface area contributed by atoms with Gasteiger partial charge in [0.2, 0.25) is 17.8 Å². The second kappa shape index (κ2) is 11.7. The number of anilines is 3. The summed E-state index contributed by atoms with van der Waals surface area (Å²) in [5.41, 5.74) is 7.53. The molecule has 2 aromatic heterocycles. The first-order chi connectivity index (χ1) is 19.3. The van der Waals surface area contributed by atoms with Crippen molar-refractivity contribution in [1.82, 2.24) is 29.7 Å². The molecule has 5 rings (SSSR count). The van der Waals surface area contributed by atoms with E-state index < -0.39 is 0 Å². The van der Waals surface area contributed by atoms with Gasteiger partial charge < -0.3 is 26.6 Å². The molecule has 1 aliphatic heterocycles. The summed E-state index contributed by atoms with van der Waals surface area (Å²) in [7, 11) is 1.62. The number of likely N-dealkylation sites (tertiary alicyclic amines) is 1. The van der Waals surface area contributed by atoms with Gasteiger partial charge in [0, 0.05) is 38.1 Å². The Morgan fingerprint density at radius 3 is 2.50 bits per heavy atom. The van der Waals surface area contributed by atoms with Crippen molar-refractivity contribution in [3.63, 3.8) is 0 Å². The number of benzene rings is 1. The molecule has 14 heteroatoms. The van der Waals surface area contributed by atoms with E-state index >= 15 is 0 Å². The SMILES string of the molecule is CNC(=O)N1CCC[C@@H](Nc2ncc3nc(Nc4c(Cl)cc(C#N)cc4Cl)n([C@H]4CC[C@H](C(N)=O)CC4)c3n2)C1. The molecule has 12 nitrogen and oxygen atoms in total. The van der Waals surface area contributed by atoms with Crippen LogP contribution in [-0.4, -0.2) is 62.5 Å². The van der Waals surface area contributed by atoms with Gasteiger partial charge in [-0.2, -0.15) is 10.2 Å². The molecule has 210 valence electrons. The molecule has 0 spiro atoms. The number of aromatic nitrogens is 4. The zero-order valence-electron chi connectivity index (χ0n) is 22.0. The van der Waals surface area contributed by atoms with Crippen LogP contribution in [0, 0.1) is 17.2 Å². The molecule has 0 unspecified atom stereocenters. The maximum absolute atomic E-state index is 12.1. The molecule has 2 aliphatic rings. The Kier molecular flexibility index (Phi) is 8.14. The fourth-order valence-electron chi connectivity index (χ4n) is 5.50. The van der Waals surface area contributed by atoms with E-state index in [1.54, 1.807) is 18.1 Å². The second-order valence-corrected chi connectivity index (χ2v) is 11.0. The zero-order valence-corrected chi connectivity index (χ0v) is 23.5. The maximum Gasteiger partial charge on any atom is 0.317 e. The number of nitrogens with one attached hydrogen (secondary N) is 3. The Bertz CT molecular complexity index is 1460. The lowest BCUT2D eigenvalue weighted by Crippen LogP contribution is -2.48. The number of hydrogen-bond donors (Lipinski definition) is 4. The highest BCUT2D eigenvalue weighted by Gasteiger charge is 2.30. The summed E-state index contributed by atoms with van der Waals surface area (Å²) in [6, 6.07) is 4.99. The van der Waals surface area contributed by atoms with Crippen molar-refractivity contribution >= 4 is 63.9 Å². The molecule has 1 aliphatic carbocycles. The van der Waals surface area contributed by atoms with Crippen LogP contribution in [0.25, 0.3) is 11.2 Å². The fraction of sp³-hybridized carbons (Fsp3) is 0.462. The quantitative estimate of drug-likeness (QED) is 0.334. The number of urea groups is 1. The number of imidazole rings is 1. The van der Waals surface area contributed by atoms with Gasteiger partial charge in [-0.3, -0.25) is 9.36 Å². The van der Waals surface area contributed by atoms with Gasteiger partial charge in [-0.25, -0.2) is 14.8 Å². The molecule has 2 fully saturated rings. The van der Waals surface area contributed by atoms with Crippen molar-refractivity contribution in [1.29, 1.82) is 5.26 Å². The van der Waals surface area contributed by atoms with Crippen LogP contribution in [0.4, 0.5) is 22.4 Å². The molecule has 3 aromatic rings. The van der Waals surface area contributed by atoms with Crippen LogP contribution in [0.1, 0.15) is 50.1 Å². The number of hydrogen-bond acceptors (Lipinski definition) is 8. The Balaban J connectivity index is 1.49. The van der Waals surface area contributed by atoms with Crippen LogP contribution in [0.5, 0.6) is 0 Å². The molecule has 5 N–H and O–H groups in total. The highest BCUT2D eigenvalue weighted by Crippen LogP contribution is 2.39. The lowest BCUT2D eigenvalue weighted by atomic mass is 9.85. The molecule has 1 saturated carbocycles. The number of fused-ring (bicyclic) bond motifs is 1. The van der Waals surface area contributed by atoms with Gasteiger partial charge in [0.05, 0.1) is 33.6 Å². The number of halogens is 2. The predicted octanol–water partition coefficient (Wildman–Crippen LogP) is 4.18. The number of amides is 3. The van der Waals surface area contributed by atoms with Crippen LogP contribution >= 0.6 is 23.2 Å². The van der Waals surface area contributed by atoms with Crippen LogP contribution in [0.15, 0.2) is 18.3 Å². The first-order valence-electron chi connectivity index (χ1n) is 13.2. The monoisotopic (exact) mass is 584 g/mol. The molecule has 3 heterocycles. The number of nitrogens with zero attached hydrogens (tertiary/aromatic N) is 6. The first-order valence-corrected chi connectivity index (χ1v) is 14.0. The number of primary amides is 1. The summed E-state index contributed by atoms with van der Waals surface area (Å²) in [6.45, 7) is 1.24.